The Morgan fingerprint density at radius 2 is 1.96 bits per heavy atom. The number of nitrogens with zero attached hydrogens (tertiary/aromatic N) is 2. The van der Waals surface area contributed by atoms with Gasteiger partial charge in [0.1, 0.15) is 11.9 Å². The third-order valence-electron chi connectivity index (χ3n) is 4.29. The van der Waals surface area contributed by atoms with Crippen LogP contribution in [0.4, 0.5) is 10.1 Å². The largest absolute Gasteiger partial charge is 0.370 e. The number of benzene rings is 2. The molecule has 0 aromatic heterocycles. The lowest BCUT2D eigenvalue weighted by Crippen LogP contribution is -2.41. The summed E-state index contributed by atoms with van der Waals surface area (Å²) in [6.07, 6.45) is 2.39. The fraction of sp³-hybridized carbons (Fsp3) is 0.211. The number of rotatable bonds is 4. The lowest BCUT2D eigenvalue weighted by Gasteiger charge is -2.33. The SMILES string of the molecule is O=C(/C=C/c1ccc([N+](=O)[O-])cc1)N1CCOC(c2cc(F)c(Cl)cc2Cl)C1. The Morgan fingerprint density at radius 3 is 2.64 bits per heavy atom. The van der Waals surface area contributed by atoms with Gasteiger partial charge in [0, 0.05) is 35.3 Å². The predicted molar refractivity (Wildman–Crippen MR) is 104 cm³/mol. The molecule has 1 fully saturated rings. The zero-order chi connectivity index (χ0) is 20.3. The summed E-state index contributed by atoms with van der Waals surface area (Å²) in [5.74, 6) is -0.858. The fourth-order valence-electron chi connectivity index (χ4n) is 2.80. The molecular weight excluding hydrogens is 410 g/mol. The Kier molecular flexibility index (Phi) is 6.28. The molecule has 6 nitrogen and oxygen atoms in total. The summed E-state index contributed by atoms with van der Waals surface area (Å²) in [7, 11) is 0. The van der Waals surface area contributed by atoms with Crippen molar-refractivity contribution >= 4 is 40.9 Å². The number of nitro groups is 1. The van der Waals surface area contributed by atoms with E-state index in [0.29, 0.717) is 17.7 Å². The van der Waals surface area contributed by atoms with Gasteiger partial charge in [-0.2, -0.15) is 0 Å². The first-order chi connectivity index (χ1) is 13.3. The van der Waals surface area contributed by atoms with E-state index in [9.17, 15) is 19.3 Å². The van der Waals surface area contributed by atoms with Gasteiger partial charge in [0.15, 0.2) is 0 Å². The summed E-state index contributed by atoms with van der Waals surface area (Å²) < 4.78 is 19.4. The lowest BCUT2D eigenvalue weighted by molar-refractivity contribution is -0.384. The van der Waals surface area contributed by atoms with Gasteiger partial charge in [-0.05, 0) is 35.9 Å². The first-order valence-corrected chi connectivity index (χ1v) is 9.08. The van der Waals surface area contributed by atoms with Crippen molar-refractivity contribution < 1.29 is 18.8 Å². The minimum absolute atomic E-state index is 0.0217. The monoisotopic (exact) mass is 424 g/mol. The van der Waals surface area contributed by atoms with Crippen LogP contribution in [0.15, 0.2) is 42.5 Å². The molecular formula is C19H15Cl2FN2O4. The van der Waals surface area contributed by atoms with Gasteiger partial charge in [-0.15, -0.1) is 0 Å². The van der Waals surface area contributed by atoms with E-state index in [1.165, 1.54) is 30.3 Å². The molecule has 28 heavy (non-hydrogen) atoms. The summed E-state index contributed by atoms with van der Waals surface area (Å²) in [4.78, 5) is 24.2. The Balaban J connectivity index is 1.69. The second kappa shape index (κ2) is 8.68. The Morgan fingerprint density at radius 1 is 1.25 bits per heavy atom. The maximum Gasteiger partial charge on any atom is 0.269 e. The number of carbonyl (C=O) groups is 1. The van der Waals surface area contributed by atoms with Crippen molar-refractivity contribution in [1.82, 2.24) is 4.90 Å². The van der Waals surface area contributed by atoms with Crippen molar-refractivity contribution in [3.05, 3.63) is 79.6 Å². The van der Waals surface area contributed by atoms with Crippen LogP contribution in [0.1, 0.15) is 17.2 Å². The molecule has 9 heteroatoms. The zero-order valence-corrected chi connectivity index (χ0v) is 16.0. The van der Waals surface area contributed by atoms with Gasteiger partial charge in [0.05, 0.1) is 23.1 Å². The molecule has 1 unspecified atom stereocenters. The number of amides is 1. The number of morpholine rings is 1. The molecule has 0 saturated carbocycles. The van der Waals surface area contributed by atoms with Crippen LogP contribution < -0.4 is 0 Å². The van der Waals surface area contributed by atoms with E-state index in [0.717, 1.165) is 0 Å². The first-order valence-electron chi connectivity index (χ1n) is 8.32. The van der Waals surface area contributed by atoms with Gasteiger partial charge >= 0.3 is 0 Å². The summed E-state index contributed by atoms with van der Waals surface area (Å²) in [6, 6.07) is 8.38. The molecule has 0 spiro atoms. The highest BCUT2D eigenvalue weighted by molar-refractivity contribution is 6.35. The van der Waals surface area contributed by atoms with Crippen LogP contribution in [-0.2, 0) is 9.53 Å². The molecule has 1 atom stereocenters. The third-order valence-corrected chi connectivity index (χ3v) is 4.90. The van der Waals surface area contributed by atoms with Crippen LogP contribution in [0.3, 0.4) is 0 Å². The molecule has 1 aliphatic heterocycles. The van der Waals surface area contributed by atoms with E-state index < -0.39 is 16.8 Å². The molecule has 2 aromatic carbocycles. The highest BCUT2D eigenvalue weighted by Crippen LogP contribution is 2.32. The number of halogens is 3. The fourth-order valence-corrected chi connectivity index (χ4v) is 3.31. The molecule has 3 rings (SSSR count). The van der Waals surface area contributed by atoms with Crippen molar-refractivity contribution in [1.29, 1.82) is 0 Å². The second-order valence-corrected chi connectivity index (χ2v) is 6.93. The molecule has 2 aromatic rings. The third kappa shape index (κ3) is 4.67. The highest BCUT2D eigenvalue weighted by atomic mass is 35.5. The number of carbonyl (C=O) groups excluding carboxylic acids is 1. The topological polar surface area (TPSA) is 72.7 Å². The van der Waals surface area contributed by atoms with E-state index in [4.69, 9.17) is 27.9 Å². The Bertz CT molecular complexity index is 934. The smallest absolute Gasteiger partial charge is 0.269 e. The summed E-state index contributed by atoms with van der Waals surface area (Å²) >= 11 is 11.9. The quantitative estimate of drug-likeness (QED) is 0.309. The minimum Gasteiger partial charge on any atom is -0.370 e. The van der Waals surface area contributed by atoms with Crippen molar-refractivity contribution in [2.75, 3.05) is 19.7 Å². The van der Waals surface area contributed by atoms with Crippen LogP contribution in [0.2, 0.25) is 10.0 Å². The molecule has 0 N–H and O–H groups in total. The molecule has 0 radical (unpaired) electrons. The second-order valence-electron chi connectivity index (χ2n) is 6.11. The van der Waals surface area contributed by atoms with Crippen molar-refractivity contribution in [3.8, 4) is 0 Å². The van der Waals surface area contributed by atoms with Gasteiger partial charge in [-0.25, -0.2) is 4.39 Å². The number of nitro benzene ring substituents is 1. The molecule has 1 saturated heterocycles. The highest BCUT2D eigenvalue weighted by Gasteiger charge is 2.26. The molecule has 0 aliphatic carbocycles. The maximum absolute atomic E-state index is 13.8. The van der Waals surface area contributed by atoms with Crippen LogP contribution in [0, 0.1) is 15.9 Å². The Hall–Kier alpha value is -2.48. The molecule has 146 valence electrons. The first kappa shape index (κ1) is 20.3. The molecule has 1 heterocycles. The summed E-state index contributed by atoms with van der Waals surface area (Å²) in [6.45, 7) is 0.875. The van der Waals surface area contributed by atoms with E-state index >= 15 is 0 Å². The average molecular weight is 425 g/mol. The van der Waals surface area contributed by atoms with E-state index in [2.05, 4.69) is 0 Å². The lowest BCUT2D eigenvalue weighted by atomic mass is 10.1. The van der Waals surface area contributed by atoms with Crippen molar-refractivity contribution in [2.24, 2.45) is 0 Å². The number of hydrogen-bond donors (Lipinski definition) is 0. The maximum atomic E-state index is 13.8. The zero-order valence-electron chi connectivity index (χ0n) is 14.5. The van der Waals surface area contributed by atoms with Gasteiger partial charge in [-0.1, -0.05) is 23.2 Å². The van der Waals surface area contributed by atoms with Crippen molar-refractivity contribution in [3.63, 3.8) is 0 Å². The number of ether oxygens (including phenoxy) is 1. The van der Waals surface area contributed by atoms with Gasteiger partial charge in [-0.3, -0.25) is 14.9 Å². The van der Waals surface area contributed by atoms with Crippen LogP contribution in [0.5, 0.6) is 0 Å². The number of non-ortho nitro benzene ring substituents is 1. The minimum atomic E-state index is -0.605. The van der Waals surface area contributed by atoms with E-state index in [1.54, 1.807) is 23.1 Å². The predicted octanol–water partition coefficient (Wildman–Crippen LogP) is 4.65. The van der Waals surface area contributed by atoms with Crippen molar-refractivity contribution in [2.45, 2.75) is 6.10 Å². The van der Waals surface area contributed by atoms with Gasteiger partial charge in [0.25, 0.3) is 5.69 Å². The molecule has 1 aliphatic rings. The normalized spacial score (nSPS) is 17.1. The molecule has 0 bridgehead atoms. The summed E-state index contributed by atoms with van der Waals surface area (Å²) in [5, 5.41) is 10.9. The van der Waals surface area contributed by atoms with Crippen LogP contribution >= 0.6 is 23.2 Å². The summed E-state index contributed by atoms with van der Waals surface area (Å²) in [5.41, 5.74) is 1.07. The number of hydrogen-bond acceptors (Lipinski definition) is 4. The van der Waals surface area contributed by atoms with E-state index in [1.807, 2.05) is 0 Å². The van der Waals surface area contributed by atoms with E-state index in [-0.39, 0.29) is 34.8 Å². The van der Waals surface area contributed by atoms with Gasteiger partial charge in [0.2, 0.25) is 5.91 Å². The molecule has 1 amide bonds. The average Bonchev–Trinajstić information content (AvgIpc) is 2.69. The van der Waals surface area contributed by atoms with Crippen LogP contribution in [0.25, 0.3) is 6.08 Å². The van der Waals surface area contributed by atoms with Gasteiger partial charge < -0.3 is 9.64 Å². The van der Waals surface area contributed by atoms with Crippen LogP contribution in [-0.4, -0.2) is 35.4 Å². The Labute approximate surface area is 170 Å². The standard InChI is InChI=1S/C19H15Cl2FN2O4/c20-15-10-16(21)17(22)9-14(15)18-11-23(7-8-28-18)19(25)6-3-12-1-4-13(5-2-12)24(26)27/h1-6,9-10,18H,7-8,11H2/b6-3+.